The van der Waals surface area contributed by atoms with Gasteiger partial charge >= 0.3 is 0 Å². The van der Waals surface area contributed by atoms with E-state index in [0.717, 1.165) is 11.3 Å². The van der Waals surface area contributed by atoms with Crippen molar-refractivity contribution in [2.45, 2.75) is 38.5 Å². The van der Waals surface area contributed by atoms with Crippen molar-refractivity contribution in [3.63, 3.8) is 0 Å². The van der Waals surface area contributed by atoms with Gasteiger partial charge in [-0.3, -0.25) is 25.2 Å². The van der Waals surface area contributed by atoms with Crippen molar-refractivity contribution in [1.82, 2.24) is 15.2 Å². The van der Waals surface area contributed by atoms with Crippen molar-refractivity contribution in [2.24, 2.45) is 0 Å². The molecule has 0 saturated heterocycles. The van der Waals surface area contributed by atoms with Crippen molar-refractivity contribution >= 4 is 33.4 Å². The van der Waals surface area contributed by atoms with Gasteiger partial charge in [0.15, 0.2) is 0 Å². The molecule has 176 valence electrons. The Labute approximate surface area is 193 Å². The fourth-order valence-corrected chi connectivity index (χ4v) is 5.27. The van der Waals surface area contributed by atoms with E-state index < -0.39 is 21.8 Å². The van der Waals surface area contributed by atoms with Gasteiger partial charge in [0.05, 0.1) is 4.90 Å². The van der Waals surface area contributed by atoms with Crippen molar-refractivity contribution in [3.05, 3.63) is 59.2 Å². The standard InChI is InChI=1S/C23H28N4O5S/c1-4-21(28)27-13-12-16-14-18(10-11-20(16)27)23(30)25-24-22(29)17-8-7-9-19(15-17)33(31,32)26(5-2)6-3/h7-11,14-15H,4-6,12-13H2,1-3H3,(H,24,29)(H,25,30). The molecule has 9 nitrogen and oxygen atoms in total. The van der Waals surface area contributed by atoms with E-state index in [2.05, 4.69) is 10.9 Å². The molecule has 0 aromatic heterocycles. The molecule has 33 heavy (non-hydrogen) atoms. The van der Waals surface area contributed by atoms with Gasteiger partial charge in [0.1, 0.15) is 0 Å². The van der Waals surface area contributed by atoms with Crippen molar-refractivity contribution in [3.8, 4) is 0 Å². The third-order valence-corrected chi connectivity index (χ3v) is 7.62. The molecule has 0 bridgehead atoms. The molecular formula is C23H28N4O5S. The van der Waals surface area contributed by atoms with Gasteiger partial charge in [-0.05, 0) is 48.4 Å². The lowest BCUT2D eigenvalue weighted by molar-refractivity contribution is -0.118. The van der Waals surface area contributed by atoms with Gasteiger partial charge in [-0.25, -0.2) is 8.42 Å². The summed E-state index contributed by atoms with van der Waals surface area (Å²) >= 11 is 0. The molecule has 0 saturated carbocycles. The average molecular weight is 473 g/mol. The molecule has 0 aliphatic carbocycles. The normalized spacial score (nSPS) is 13.0. The average Bonchev–Trinajstić information content (AvgIpc) is 3.25. The van der Waals surface area contributed by atoms with Crippen LogP contribution >= 0.6 is 0 Å². The molecule has 2 aromatic rings. The number of nitrogens with zero attached hydrogens (tertiary/aromatic N) is 2. The van der Waals surface area contributed by atoms with Crippen LogP contribution in [0.15, 0.2) is 47.4 Å². The quantitative estimate of drug-likeness (QED) is 0.599. The third-order valence-electron chi connectivity index (χ3n) is 5.57. The molecule has 1 heterocycles. The second-order valence-corrected chi connectivity index (χ2v) is 9.46. The minimum absolute atomic E-state index is 0.00924. The van der Waals surface area contributed by atoms with Gasteiger partial charge in [0.25, 0.3) is 11.8 Å². The number of carbonyl (C=O) groups is 3. The molecule has 0 unspecified atom stereocenters. The number of hydrazine groups is 1. The number of amides is 3. The summed E-state index contributed by atoms with van der Waals surface area (Å²) in [6, 6.07) is 10.7. The summed E-state index contributed by atoms with van der Waals surface area (Å²) in [5.41, 5.74) is 6.82. The minimum Gasteiger partial charge on any atom is -0.312 e. The summed E-state index contributed by atoms with van der Waals surface area (Å²) in [4.78, 5) is 38.8. The summed E-state index contributed by atoms with van der Waals surface area (Å²) in [6.45, 7) is 6.50. The maximum Gasteiger partial charge on any atom is 0.269 e. The molecule has 3 amide bonds. The summed E-state index contributed by atoms with van der Waals surface area (Å²) in [5, 5.41) is 0. The highest BCUT2D eigenvalue weighted by atomic mass is 32.2. The van der Waals surface area contributed by atoms with Crippen LogP contribution in [0.5, 0.6) is 0 Å². The number of fused-ring (bicyclic) bond motifs is 1. The molecule has 10 heteroatoms. The Balaban J connectivity index is 1.68. The van der Waals surface area contributed by atoms with Crippen LogP contribution < -0.4 is 15.8 Å². The predicted molar refractivity (Wildman–Crippen MR) is 124 cm³/mol. The molecule has 0 radical (unpaired) electrons. The Bertz CT molecular complexity index is 1180. The van der Waals surface area contributed by atoms with Crippen LogP contribution in [0.1, 0.15) is 53.5 Å². The third kappa shape index (κ3) is 5.07. The molecule has 0 spiro atoms. The lowest BCUT2D eigenvalue weighted by Crippen LogP contribution is -2.41. The summed E-state index contributed by atoms with van der Waals surface area (Å²) in [5.74, 6) is -1.12. The van der Waals surface area contributed by atoms with Crippen LogP contribution in [-0.2, 0) is 21.2 Å². The fraction of sp³-hybridized carbons (Fsp3) is 0.348. The maximum atomic E-state index is 12.7. The number of nitrogens with one attached hydrogen (secondary N) is 2. The van der Waals surface area contributed by atoms with Crippen LogP contribution in [0.25, 0.3) is 0 Å². The van der Waals surface area contributed by atoms with Gasteiger partial charge in [-0.2, -0.15) is 4.31 Å². The largest absolute Gasteiger partial charge is 0.312 e. The van der Waals surface area contributed by atoms with E-state index in [-0.39, 0.29) is 16.4 Å². The lowest BCUT2D eigenvalue weighted by atomic mass is 10.1. The number of sulfonamides is 1. The predicted octanol–water partition coefficient (Wildman–Crippen LogP) is 2.09. The highest BCUT2D eigenvalue weighted by molar-refractivity contribution is 7.89. The monoisotopic (exact) mass is 472 g/mol. The maximum absolute atomic E-state index is 12.7. The van der Waals surface area contributed by atoms with Crippen molar-refractivity contribution in [2.75, 3.05) is 24.5 Å². The van der Waals surface area contributed by atoms with Crippen molar-refractivity contribution in [1.29, 1.82) is 0 Å². The van der Waals surface area contributed by atoms with E-state index in [1.54, 1.807) is 43.9 Å². The van der Waals surface area contributed by atoms with Crippen LogP contribution in [0.2, 0.25) is 0 Å². The van der Waals surface area contributed by atoms with E-state index in [4.69, 9.17) is 0 Å². The van der Waals surface area contributed by atoms with Crippen LogP contribution in [0, 0.1) is 0 Å². The lowest BCUT2D eigenvalue weighted by Gasteiger charge is -2.18. The van der Waals surface area contributed by atoms with Gasteiger partial charge in [-0.15, -0.1) is 0 Å². The van der Waals surface area contributed by atoms with Gasteiger partial charge in [0, 0.05) is 42.9 Å². The first-order chi connectivity index (χ1) is 15.7. The molecule has 0 atom stereocenters. The van der Waals surface area contributed by atoms with E-state index in [1.165, 1.54) is 28.6 Å². The number of rotatable bonds is 7. The number of benzene rings is 2. The highest BCUT2D eigenvalue weighted by Gasteiger charge is 2.25. The fourth-order valence-electron chi connectivity index (χ4n) is 3.76. The van der Waals surface area contributed by atoms with Gasteiger partial charge < -0.3 is 4.90 Å². The summed E-state index contributed by atoms with van der Waals surface area (Å²) < 4.78 is 26.7. The molecule has 3 rings (SSSR count). The van der Waals surface area contributed by atoms with Crippen LogP contribution in [-0.4, -0.2) is 50.1 Å². The Morgan fingerprint density at radius 2 is 1.58 bits per heavy atom. The molecular weight excluding hydrogens is 444 g/mol. The topological polar surface area (TPSA) is 116 Å². The smallest absolute Gasteiger partial charge is 0.269 e. The molecule has 0 fully saturated rings. The second kappa shape index (κ2) is 10.1. The van der Waals surface area contributed by atoms with E-state index in [0.29, 0.717) is 38.0 Å². The second-order valence-electron chi connectivity index (χ2n) is 7.52. The Kier molecular flexibility index (Phi) is 7.50. The van der Waals surface area contributed by atoms with E-state index in [9.17, 15) is 22.8 Å². The van der Waals surface area contributed by atoms with Gasteiger partial charge in [0.2, 0.25) is 15.9 Å². The first-order valence-corrected chi connectivity index (χ1v) is 12.3. The number of anilines is 1. The first kappa shape index (κ1) is 24.4. The minimum atomic E-state index is -3.71. The number of carbonyl (C=O) groups excluding carboxylic acids is 3. The summed E-state index contributed by atoms with van der Waals surface area (Å²) in [7, 11) is -3.71. The Hall–Kier alpha value is -3.24. The Morgan fingerprint density at radius 1 is 0.939 bits per heavy atom. The van der Waals surface area contributed by atoms with Crippen LogP contribution in [0.4, 0.5) is 5.69 Å². The molecule has 1 aliphatic rings. The number of hydrogen-bond acceptors (Lipinski definition) is 5. The first-order valence-electron chi connectivity index (χ1n) is 10.9. The van der Waals surface area contributed by atoms with E-state index >= 15 is 0 Å². The Morgan fingerprint density at radius 3 is 2.18 bits per heavy atom. The molecule has 1 aliphatic heterocycles. The zero-order chi connectivity index (χ0) is 24.2. The van der Waals surface area contributed by atoms with Crippen LogP contribution in [0.3, 0.4) is 0 Å². The SMILES string of the molecule is CCC(=O)N1CCc2cc(C(=O)NNC(=O)c3cccc(S(=O)(=O)N(CC)CC)c3)ccc21. The zero-order valence-electron chi connectivity index (χ0n) is 18.9. The summed E-state index contributed by atoms with van der Waals surface area (Å²) in [6.07, 6.45) is 1.06. The van der Waals surface area contributed by atoms with Crippen molar-refractivity contribution < 1.29 is 22.8 Å². The van der Waals surface area contributed by atoms with E-state index in [1.807, 2.05) is 0 Å². The van der Waals surface area contributed by atoms with Gasteiger partial charge in [-0.1, -0.05) is 26.8 Å². The zero-order valence-corrected chi connectivity index (χ0v) is 19.7. The molecule has 2 N–H and O–H groups in total. The molecule has 2 aromatic carbocycles. The number of hydrogen-bond donors (Lipinski definition) is 2. The highest BCUT2D eigenvalue weighted by Crippen LogP contribution is 2.29.